The molecule has 0 saturated carbocycles. The van der Waals surface area contributed by atoms with E-state index in [0.29, 0.717) is 25.3 Å². The zero-order valence-electron chi connectivity index (χ0n) is 11.5. The van der Waals surface area contributed by atoms with E-state index < -0.39 is 0 Å². The molecule has 1 heterocycles. The van der Waals surface area contributed by atoms with E-state index in [4.69, 9.17) is 0 Å². The molecule has 0 radical (unpaired) electrons. The van der Waals surface area contributed by atoms with E-state index in [1.54, 1.807) is 4.90 Å². The summed E-state index contributed by atoms with van der Waals surface area (Å²) in [6.45, 7) is 4.67. The number of amides is 2. The average Bonchev–Trinajstić information content (AvgIpc) is 2.54. The molecule has 4 nitrogen and oxygen atoms in total. The number of rotatable bonds is 3. The standard InChI is InChI=1S/C15H20N2O2/c1-11(2)7-8-15(19)17-10-9-14(18)16-12-5-3-4-6-13(12)17/h3-6,11H,7-10H2,1-2H3,(H,16,18). The molecule has 1 aliphatic rings. The minimum Gasteiger partial charge on any atom is -0.324 e. The lowest BCUT2D eigenvalue weighted by Gasteiger charge is -2.22. The van der Waals surface area contributed by atoms with Crippen LogP contribution < -0.4 is 10.2 Å². The Balaban J connectivity index is 2.20. The number of hydrogen-bond acceptors (Lipinski definition) is 2. The third-order valence-electron chi connectivity index (χ3n) is 3.27. The van der Waals surface area contributed by atoms with Crippen molar-refractivity contribution in [2.45, 2.75) is 33.1 Å². The number of anilines is 2. The Kier molecular flexibility index (Phi) is 4.20. The molecule has 1 aromatic carbocycles. The maximum absolute atomic E-state index is 12.3. The summed E-state index contributed by atoms with van der Waals surface area (Å²) in [6.07, 6.45) is 1.75. The number of carbonyl (C=O) groups is 2. The van der Waals surface area contributed by atoms with Crippen LogP contribution in [-0.2, 0) is 9.59 Å². The van der Waals surface area contributed by atoms with Gasteiger partial charge >= 0.3 is 0 Å². The van der Waals surface area contributed by atoms with Gasteiger partial charge in [0.1, 0.15) is 0 Å². The predicted molar refractivity (Wildman–Crippen MR) is 76.1 cm³/mol. The molecule has 2 rings (SSSR count). The predicted octanol–water partition coefficient (Wildman–Crippen LogP) is 2.80. The summed E-state index contributed by atoms with van der Waals surface area (Å²) in [5.41, 5.74) is 1.53. The molecular weight excluding hydrogens is 240 g/mol. The van der Waals surface area contributed by atoms with Gasteiger partial charge in [-0.3, -0.25) is 9.59 Å². The Labute approximate surface area is 113 Å². The monoisotopic (exact) mass is 260 g/mol. The molecule has 1 aliphatic heterocycles. The molecule has 1 N–H and O–H groups in total. The number of para-hydroxylation sites is 2. The van der Waals surface area contributed by atoms with Crippen molar-refractivity contribution in [2.75, 3.05) is 16.8 Å². The van der Waals surface area contributed by atoms with Crippen LogP contribution >= 0.6 is 0 Å². The van der Waals surface area contributed by atoms with Gasteiger partial charge in [-0.05, 0) is 24.5 Å². The van der Waals surface area contributed by atoms with Crippen molar-refractivity contribution >= 4 is 23.2 Å². The minimum atomic E-state index is -0.0355. The fourth-order valence-corrected chi connectivity index (χ4v) is 2.17. The van der Waals surface area contributed by atoms with Crippen molar-refractivity contribution in [3.8, 4) is 0 Å². The summed E-state index contributed by atoms with van der Waals surface area (Å²) in [5, 5.41) is 2.84. The highest BCUT2D eigenvalue weighted by molar-refractivity contribution is 6.03. The topological polar surface area (TPSA) is 49.4 Å². The van der Waals surface area contributed by atoms with E-state index in [1.165, 1.54) is 0 Å². The van der Waals surface area contributed by atoms with Gasteiger partial charge in [0.15, 0.2) is 0 Å². The Morgan fingerprint density at radius 3 is 2.84 bits per heavy atom. The zero-order valence-corrected chi connectivity index (χ0v) is 11.5. The second kappa shape index (κ2) is 5.87. The number of fused-ring (bicyclic) bond motifs is 1. The molecule has 0 unspecified atom stereocenters. The normalized spacial score (nSPS) is 14.9. The summed E-state index contributed by atoms with van der Waals surface area (Å²) in [7, 11) is 0. The quantitative estimate of drug-likeness (QED) is 0.908. The van der Waals surface area contributed by atoms with Gasteiger partial charge in [0.25, 0.3) is 0 Å². The third kappa shape index (κ3) is 3.34. The number of carbonyl (C=O) groups excluding carboxylic acids is 2. The fourth-order valence-electron chi connectivity index (χ4n) is 2.17. The maximum atomic E-state index is 12.3. The Bertz CT molecular complexity index is 483. The third-order valence-corrected chi connectivity index (χ3v) is 3.27. The first-order valence-electron chi connectivity index (χ1n) is 6.77. The van der Waals surface area contributed by atoms with E-state index in [-0.39, 0.29) is 11.8 Å². The van der Waals surface area contributed by atoms with Gasteiger partial charge in [0.2, 0.25) is 11.8 Å². The van der Waals surface area contributed by atoms with Gasteiger partial charge in [0, 0.05) is 19.4 Å². The highest BCUT2D eigenvalue weighted by Crippen LogP contribution is 2.29. The van der Waals surface area contributed by atoms with Crippen LogP contribution in [0.4, 0.5) is 11.4 Å². The van der Waals surface area contributed by atoms with Gasteiger partial charge in [-0.1, -0.05) is 26.0 Å². The van der Waals surface area contributed by atoms with Crippen LogP contribution in [-0.4, -0.2) is 18.4 Å². The average molecular weight is 260 g/mol. The van der Waals surface area contributed by atoms with E-state index in [1.807, 2.05) is 24.3 Å². The van der Waals surface area contributed by atoms with Crippen molar-refractivity contribution in [2.24, 2.45) is 5.92 Å². The molecule has 0 fully saturated rings. The SMILES string of the molecule is CC(C)CCC(=O)N1CCC(=O)Nc2ccccc21. The Morgan fingerprint density at radius 1 is 1.37 bits per heavy atom. The zero-order chi connectivity index (χ0) is 13.8. The minimum absolute atomic E-state index is 0.0355. The summed E-state index contributed by atoms with van der Waals surface area (Å²) < 4.78 is 0. The van der Waals surface area contributed by atoms with Crippen LogP contribution in [0.15, 0.2) is 24.3 Å². The van der Waals surface area contributed by atoms with Crippen molar-refractivity contribution in [1.82, 2.24) is 0 Å². The van der Waals surface area contributed by atoms with Gasteiger partial charge in [0.05, 0.1) is 11.4 Å². The van der Waals surface area contributed by atoms with Crippen molar-refractivity contribution < 1.29 is 9.59 Å². The number of hydrogen-bond donors (Lipinski definition) is 1. The molecule has 0 aliphatic carbocycles. The molecule has 1 aromatic rings. The largest absolute Gasteiger partial charge is 0.324 e. The first kappa shape index (κ1) is 13.6. The van der Waals surface area contributed by atoms with Gasteiger partial charge in [-0.25, -0.2) is 0 Å². The van der Waals surface area contributed by atoms with Crippen LogP contribution in [0.5, 0.6) is 0 Å². The van der Waals surface area contributed by atoms with Crippen molar-refractivity contribution in [1.29, 1.82) is 0 Å². The first-order chi connectivity index (χ1) is 9.08. The van der Waals surface area contributed by atoms with Gasteiger partial charge in [-0.2, -0.15) is 0 Å². The molecule has 0 spiro atoms. The highest BCUT2D eigenvalue weighted by atomic mass is 16.2. The lowest BCUT2D eigenvalue weighted by atomic mass is 10.1. The number of nitrogens with zero attached hydrogens (tertiary/aromatic N) is 1. The van der Waals surface area contributed by atoms with Crippen LogP contribution in [0, 0.1) is 5.92 Å². The van der Waals surface area contributed by atoms with Crippen LogP contribution in [0.2, 0.25) is 0 Å². The Hall–Kier alpha value is -1.84. The smallest absolute Gasteiger partial charge is 0.227 e. The molecule has 2 amide bonds. The van der Waals surface area contributed by atoms with Crippen molar-refractivity contribution in [3.05, 3.63) is 24.3 Å². The highest BCUT2D eigenvalue weighted by Gasteiger charge is 2.23. The van der Waals surface area contributed by atoms with Gasteiger partial charge in [-0.15, -0.1) is 0 Å². The summed E-state index contributed by atoms with van der Waals surface area (Å²) in [6, 6.07) is 7.47. The molecule has 4 heteroatoms. The van der Waals surface area contributed by atoms with Crippen LogP contribution in [0.3, 0.4) is 0 Å². The molecule has 0 bridgehead atoms. The van der Waals surface area contributed by atoms with Crippen LogP contribution in [0.1, 0.15) is 33.1 Å². The lowest BCUT2D eigenvalue weighted by molar-refractivity contribution is -0.119. The molecule has 102 valence electrons. The fraction of sp³-hybridized carbons (Fsp3) is 0.467. The molecule has 0 saturated heterocycles. The molecule has 0 aromatic heterocycles. The molecule has 0 atom stereocenters. The maximum Gasteiger partial charge on any atom is 0.227 e. The first-order valence-corrected chi connectivity index (χ1v) is 6.77. The Morgan fingerprint density at radius 2 is 2.11 bits per heavy atom. The second-order valence-corrected chi connectivity index (χ2v) is 5.29. The van der Waals surface area contributed by atoms with Crippen LogP contribution in [0.25, 0.3) is 0 Å². The summed E-state index contributed by atoms with van der Waals surface area (Å²) >= 11 is 0. The van der Waals surface area contributed by atoms with E-state index in [9.17, 15) is 9.59 Å². The summed E-state index contributed by atoms with van der Waals surface area (Å²) in [4.78, 5) is 25.7. The molecular formula is C15H20N2O2. The number of benzene rings is 1. The lowest BCUT2D eigenvalue weighted by Crippen LogP contribution is -2.31. The number of nitrogens with one attached hydrogen (secondary N) is 1. The van der Waals surface area contributed by atoms with E-state index in [0.717, 1.165) is 17.8 Å². The van der Waals surface area contributed by atoms with Crippen molar-refractivity contribution in [3.63, 3.8) is 0 Å². The van der Waals surface area contributed by atoms with E-state index >= 15 is 0 Å². The van der Waals surface area contributed by atoms with Gasteiger partial charge < -0.3 is 10.2 Å². The summed E-state index contributed by atoms with van der Waals surface area (Å²) in [5.74, 6) is 0.565. The molecule has 19 heavy (non-hydrogen) atoms. The van der Waals surface area contributed by atoms with E-state index in [2.05, 4.69) is 19.2 Å². The second-order valence-electron chi connectivity index (χ2n) is 5.29.